The lowest BCUT2D eigenvalue weighted by Gasteiger charge is -2.26. The zero-order chi connectivity index (χ0) is 24.0. The molecule has 2 aromatic carbocycles. The second-order valence-electron chi connectivity index (χ2n) is 7.06. The van der Waals surface area contributed by atoms with Gasteiger partial charge in [0.2, 0.25) is 5.91 Å². The predicted octanol–water partition coefficient (Wildman–Crippen LogP) is 5.01. The van der Waals surface area contributed by atoms with Crippen LogP contribution in [0.4, 0.5) is 4.39 Å². The van der Waals surface area contributed by atoms with Gasteiger partial charge >= 0.3 is 19.5 Å². The van der Waals surface area contributed by atoms with Crippen LogP contribution >= 0.6 is 18.9 Å². The summed E-state index contributed by atoms with van der Waals surface area (Å²) in [6.07, 6.45) is 0. The van der Waals surface area contributed by atoms with Crippen LogP contribution in [0.25, 0.3) is 10.1 Å². The first-order valence-corrected chi connectivity index (χ1v) is 12.4. The van der Waals surface area contributed by atoms with Crippen LogP contribution in [0.5, 0.6) is 5.75 Å². The van der Waals surface area contributed by atoms with Crippen molar-refractivity contribution < 1.29 is 37.6 Å². The van der Waals surface area contributed by atoms with Crippen molar-refractivity contribution in [1.82, 2.24) is 5.09 Å². The number of carbonyl (C=O) groups excluding carboxylic acids is 1. The number of carbonyl (C=O) groups is 2. The number of methoxy groups -OCH3 is 1. The predicted molar refractivity (Wildman–Crippen MR) is 123 cm³/mol. The van der Waals surface area contributed by atoms with Crippen LogP contribution in [0.2, 0.25) is 0 Å². The van der Waals surface area contributed by atoms with E-state index in [0.717, 1.165) is 11.3 Å². The van der Waals surface area contributed by atoms with Gasteiger partial charge in [-0.05, 0) is 48.2 Å². The van der Waals surface area contributed by atoms with E-state index in [1.54, 1.807) is 24.3 Å². The largest absolute Gasteiger partial charge is 0.477 e. The molecule has 1 aromatic heterocycles. The monoisotopic (exact) mass is 495 g/mol. The number of carboxylic acid groups (broad SMARTS) is 1. The number of hydrogen-bond donors (Lipinski definition) is 2. The average Bonchev–Trinajstić information content (AvgIpc) is 3.23. The minimum absolute atomic E-state index is 0.00894. The van der Waals surface area contributed by atoms with E-state index in [4.69, 9.17) is 14.0 Å². The fourth-order valence-corrected chi connectivity index (χ4v) is 5.75. The van der Waals surface area contributed by atoms with Gasteiger partial charge in [0, 0.05) is 11.8 Å². The van der Waals surface area contributed by atoms with Crippen LogP contribution in [0.1, 0.15) is 28.1 Å². The molecular formula is C22H23FNO7PS. The Kier molecular flexibility index (Phi) is 8.20. The minimum Gasteiger partial charge on any atom is -0.477 e. The Bertz CT molecular complexity index is 1170. The highest BCUT2D eigenvalue weighted by atomic mass is 32.1. The molecule has 0 amide bonds. The van der Waals surface area contributed by atoms with Crippen molar-refractivity contribution in [2.75, 3.05) is 20.3 Å². The zero-order valence-corrected chi connectivity index (χ0v) is 19.6. The van der Waals surface area contributed by atoms with E-state index in [1.165, 1.54) is 44.4 Å². The number of ether oxygens (including phenoxy) is 2. The topological polar surface area (TPSA) is 111 Å². The SMILES string of the molecule is COCCOC(=O)[C@H](C)NP(=O)(Oc1ccccc1)[C@@H](F)c1ccc2sc(C(=O)O)cc2c1. The van der Waals surface area contributed by atoms with Gasteiger partial charge in [0.25, 0.3) is 0 Å². The van der Waals surface area contributed by atoms with E-state index >= 15 is 4.39 Å². The second-order valence-corrected chi connectivity index (χ2v) is 10.2. The molecule has 3 rings (SSSR count). The number of rotatable bonds is 11. The van der Waals surface area contributed by atoms with Crippen molar-refractivity contribution in [2.24, 2.45) is 0 Å². The van der Waals surface area contributed by atoms with Gasteiger partial charge in [0.05, 0.1) is 6.61 Å². The number of esters is 1. The highest BCUT2D eigenvalue weighted by molar-refractivity contribution is 7.57. The van der Waals surface area contributed by atoms with Crippen LogP contribution < -0.4 is 9.61 Å². The lowest BCUT2D eigenvalue weighted by atomic mass is 10.2. The summed E-state index contributed by atoms with van der Waals surface area (Å²) in [4.78, 5) is 23.6. The lowest BCUT2D eigenvalue weighted by molar-refractivity contribution is -0.146. The van der Waals surface area contributed by atoms with E-state index < -0.39 is 31.4 Å². The molecule has 3 atom stereocenters. The smallest absolute Gasteiger partial charge is 0.355 e. The summed E-state index contributed by atoms with van der Waals surface area (Å²) in [5, 5.41) is 12.2. The quantitative estimate of drug-likeness (QED) is 0.217. The first kappa shape index (κ1) is 24.9. The maximum atomic E-state index is 15.8. The number of fused-ring (bicyclic) bond motifs is 1. The summed E-state index contributed by atoms with van der Waals surface area (Å²) in [5.74, 6) is -3.82. The molecule has 0 fully saturated rings. The Hall–Kier alpha value is -2.78. The van der Waals surface area contributed by atoms with Crippen molar-refractivity contribution in [3.63, 3.8) is 0 Å². The molecule has 1 unspecified atom stereocenters. The molecule has 33 heavy (non-hydrogen) atoms. The third-order valence-electron chi connectivity index (χ3n) is 4.57. The number of para-hydroxylation sites is 1. The standard InChI is InChI=1S/C22H23FNO7PS/c1-14(22(27)30-11-10-29-2)24-32(28,31-17-6-4-3-5-7-17)20(23)15-8-9-18-16(12-15)13-19(33-18)21(25)26/h3-9,12-14,20H,10-11H2,1-2H3,(H,24,28)(H,25,26)/t14-,20+,32?/m0/s1. The first-order valence-electron chi connectivity index (χ1n) is 9.92. The molecular weight excluding hydrogens is 472 g/mol. The van der Waals surface area contributed by atoms with Crippen molar-refractivity contribution in [2.45, 2.75) is 18.9 Å². The Morgan fingerprint density at radius 1 is 1.15 bits per heavy atom. The average molecular weight is 495 g/mol. The van der Waals surface area contributed by atoms with Crippen LogP contribution in [0, 0.1) is 0 Å². The lowest BCUT2D eigenvalue weighted by Crippen LogP contribution is -2.36. The summed E-state index contributed by atoms with van der Waals surface area (Å²) in [7, 11) is -2.90. The zero-order valence-electron chi connectivity index (χ0n) is 17.9. The molecule has 0 bridgehead atoms. The molecule has 11 heteroatoms. The van der Waals surface area contributed by atoms with Gasteiger partial charge < -0.3 is 19.1 Å². The summed E-state index contributed by atoms with van der Waals surface area (Å²) >= 11 is 1.05. The Balaban J connectivity index is 1.90. The fraction of sp³-hybridized carbons (Fsp3) is 0.273. The van der Waals surface area contributed by atoms with E-state index in [-0.39, 0.29) is 29.4 Å². The molecule has 0 radical (unpaired) electrons. The molecule has 0 saturated carbocycles. The Labute approximate surface area is 193 Å². The minimum atomic E-state index is -4.36. The van der Waals surface area contributed by atoms with E-state index in [9.17, 15) is 19.3 Å². The van der Waals surface area contributed by atoms with E-state index in [2.05, 4.69) is 5.09 Å². The second kappa shape index (κ2) is 10.9. The van der Waals surface area contributed by atoms with Gasteiger partial charge in [-0.15, -0.1) is 11.3 Å². The highest BCUT2D eigenvalue weighted by Gasteiger charge is 2.40. The van der Waals surface area contributed by atoms with Crippen LogP contribution in [-0.2, 0) is 18.8 Å². The number of carboxylic acids is 1. The van der Waals surface area contributed by atoms with E-state index in [1.807, 2.05) is 0 Å². The van der Waals surface area contributed by atoms with Gasteiger partial charge in [-0.1, -0.05) is 24.3 Å². The summed E-state index contributed by atoms with van der Waals surface area (Å²) in [6, 6.07) is 12.7. The van der Waals surface area contributed by atoms with Gasteiger partial charge in [-0.2, -0.15) is 0 Å². The molecule has 0 spiro atoms. The van der Waals surface area contributed by atoms with Gasteiger partial charge in [-0.25, -0.2) is 14.3 Å². The van der Waals surface area contributed by atoms with Crippen LogP contribution in [0.3, 0.4) is 0 Å². The maximum absolute atomic E-state index is 15.8. The number of halogens is 1. The summed E-state index contributed by atoms with van der Waals surface area (Å²) in [6.45, 7) is 1.57. The number of nitrogens with one attached hydrogen (secondary N) is 1. The molecule has 0 aliphatic rings. The fourth-order valence-electron chi connectivity index (χ4n) is 2.96. The number of thiophene rings is 1. The Morgan fingerprint density at radius 2 is 1.88 bits per heavy atom. The molecule has 3 aromatic rings. The van der Waals surface area contributed by atoms with E-state index in [0.29, 0.717) is 10.1 Å². The third kappa shape index (κ3) is 6.17. The first-order chi connectivity index (χ1) is 15.7. The van der Waals surface area contributed by atoms with Crippen molar-refractivity contribution >= 4 is 40.9 Å². The summed E-state index contributed by atoms with van der Waals surface area (Å²) < 4.78 is 45.6. The molecule has 2 N–H and O–H groups in total. The van der Waals surface area contributed by atoms with Gasteiger partial charge in [0.15, 0.2) is 0 Å². The normalized spacial score (nSPS) is 14.9. The third-order valence-corrected chi connectivity index (χ3v) is 7.80. The van der Waals surface area contributed by atoms with Gasteiger partial charge in [0.1, 0.15) is 23.3 Å². The van der Waals surface area contributed by atoms with Crippen molar-refractivity contribution in [3.8, 4) is 5.75 Å². The molecule has 8 nitrogen and oxygen atoms in total. The molecule has 1 heterocycles. The van der Waals surface area contributed by atoms with Gasteiger partial charge in [-0.3, -0.25) is 9.36 Å². The molecule has 0 saturated heterocycles. The molecule has 176 valence electrons. The highest BCUT2D eigenvalue weighted by Crippen LogP contribution is 2.58. The maximum Gasteiger partial charge on any atom is 0.355 e. The molecule has 0 aliphatic carbocycles. The molecule has 0 aliphatic heterocycles. The van der Waals surface area contributed by atoms with Crippen molar-refractivity contribution in [1.29, 1.82) is 0 Å². The van der Waals surface area contributed by atoms with Crippen LogP contribution in [-0.4, -0.2) is 43.4 Å². The van der Waals surface area contributed by atoms with Crippen molar-refractivity contribution in [3.05, 3.63) is 65.0 Å². The number of alkyl halides is 1. The van der Waals surface area contributed by atoms with Crippen LogP contribution in [0.15, 0.2) is 54.6 Å². The number of hydrogen-bond acceptors (Lipinski definition) is 7. The Morgan fingerprint density at radius 3 is 2.55 bits per heavy atom. The summed E-state index contributed by atoms with van der Waals surface area (Å²) in [5.41, 5.74) is 0.0175. The number of benzene rings is 2. The number of aromatic carboxylic acids is 1.